The highest BCUT2D eigenvalue weighted by Crippen LogP contribution is 2.44. The smallest absolute Gasteiger partial charge is 0.497 e. The monoisotopic (exact) mass is 2050 g/mol. The molecule has 0 N–H and O–H groups in total. The van der Waals surface area contributed by atoms with E-state index in [4.69, 9.17) is 85.3 Å². The van der Waals surface area contributed by atoms with E-state index in [1.54, 1.807) is 109 Å². The van der Waals surface area contributed by atoms with Crippen molar-refractivity contribution in [2.24, 2.45) is 35.5 Å². The number of hydrogen-bond donors (Lipinski definition) is 0. The van der Waals surface area contributed by atoms with Crippen LogP contribution in [0.4, 0.5) is 9.93 Å². The number of imide groups is 1. The molecule has 0 unspecified atom stereocenters. The van der Waals surface area contributed by atoms with Crippen molar-refractivity contribution in [1.82, 2.24) is 4.98 Å². The quantitative estimate of drug-likeness (QED) is 0.00663. The van der Waals surface area contributed by atoms with Gasteiger partial charge in [-0.25, -0.2) is 43.4 Å². The molecule has 34 nitrogen and oxygen atoms in total. The van der Waals surface area contributed by atoms with E-state index in [9.17, 15) is 67.1 Å². The number of anilines is 1. The Balaban J connectivity index is 0.000000281. The molecule has 1 aliphatic heterocycles. The maximum atomic E-state index is 14.0. The predicted octanol–water partition coefficient (Wildman–Crippen LogP) is 20.2. The summed E-state index contributed by atoms with van der Waals surface area (Å²) in [6, 6.07) is 21.2. The minimum Gasteiger partial charge on any atom is -0.497 e. The number of methoxy groups -OCH3 is 6. The van der Waals surface area contributed by atoms with E-state index in [-0.39, 0.29) is 101 Å². The molecular formula is C111H150N2O32S. The van der Waals surface area contributed by atoms with Crippen molar-refractivity contribution in [3.05, 3.63) is 159 Å². The molecule has 1 aromatic heterocycles. The first-order valence-electron chi connectivity index (χ1n) is 50.6. The third kappa shape index (κ3) is 45.8. The fraction of sp³-hybridized carbons (Fsp3) is 0.559. The Kier molecular flexibility index (Phi) is 59.1. The van der Waals surface area contributed by atoms with Gasteiger partial charge in [-0.15, -0.1) is 0 Å². The van der Waals surface area contributed by atoms with E-state index in [1.807, 2.05) is 7.11 Å². The van der Waals surface area contributed by atoms with Crippen LogP contribution in [0.5, 0.6) is 34.5 Å². The highest BCUT2D eigenvalue weighted by Gasteiger charge is 2.46. The van der Waals surface area contributed by atoms with Crippen LogP contribution >= 0.6 is 11.3 Å². The molecule has 0 radical (unpaired) electrons. The van der Waals surface area contributed by atoms with Crippen molar-refractivity contribution >= 4 is 110 Å². The zero-order valence-corrected chi connectivity index (χ0v) is 87.0. The molecule has 4 aromatic carbocycles. The normalized spacial score (nSPS) is 19.0. The summed E-state index contributed by atoms with van der Waals surface area (Å²) in [6.45, 7) is 23.3. The van der Waals surface area contributed by atoms with Gasteiger partial charge in [0.1, 0.15) is 46.1 Å². The van der Waals surface area contributed by atoms with Gasteiger partial charge in [0.2, 0.25) is 5.13 Å². The van der Waals surface area contributed by atoms with E-state index in [2.05, 4.69) is 37.9 Å². The predicted molar refractivity (Wildman–Crippen MR) is 546 cm³/mol. The van der Waals surface area contributed by atoms with E-state index in [1.165, 1.54) is 76.3 Å². The third-order valence-electron chi connectivity index (χ3n) is 25.7. The van der Waals surface area contributed by atoms with Gasteiger partial charge in [-0.1, -0.05) is 76.3 Å². The summed E-state index contributed by atoms with van der Waals surface area (Å²) < 4.78 is 93.8. The molecule has 5 aromatic rings. The molecule has 0 spiro atoms. The Bertz CT molecular complexity index is 4840. The van der Waals surface area contributed by atoms with Gasteiger partial charge in [0.15, 0.2) is 0 Å². The Morgan fingerprint density at radius 3 is 1.08 bits per heavy atom. The Hall–Kier alpha value is -12.3. The van der Waals surface area contributed by atoms with Gasteiger partial charge in [0, 0.05) is 76.2 Å². The van der Waals surface area contributed by atoms with E-state index >= 15 is 0 Å². The van der Waals surface area contributed by atoms with Crippen LogP contribution in [0.2, 0.25) is 0 Å². The molecule has 6 aliphatic rings. The van der Waals surface area contributed by atoms with E-state index in [0.29, 0.717) is 186 Å². The van der Waals surface area contributed by atoms with Gasteiger partial charge in [-0.05, 0) is 285 Å². The second-order valence-corrected chi connectivity index (χ2v) is 36.9. The number of rotatable bonds is 51. The lowest BCUT2D eigenvalue weighted by Crippen LogP contribution is -2.30. The molecule has 11 rings (SSSR count). The minimum absolute atomic E-state index is 0.0139. The number of thiazole rings is 1. The summed E-state index contributed by atoms with van der Waals surface area (Å²) >= 11 is 1.13. The molecule has 5 fully saturated rings. The van der Waals surface area contributed by atoms with Crippen LogP contribution in [0.15, 0.2) is 142 Å². The number of aromatic nitrogens is 1. The molecule has 0 bridgehead atoms. The molecule has 146 heavy (non-hydrogen) atoms. The number of carbonyl (C=O) groups is 14. The van der Waals surface area contributed by atoms with Crippen molar-refractivity contribution in [3.8, 4) is 34.5 Å². The number of benzene rings is 4. The highest BCUT2D eigenvalue weighted by atomic mass is 32.1. The number of hydrogen-bond acceptors (Lipinski definition) is 34. The zero-order valence-electron chi connectivity index (χ0n) is 86.2. The summed E-state index contributed by atoms with van der Waals surface area (Å²) in [5, 5.41) is 0.106. The third-order valence-corrected chi connectivity index (χ3v) is 26.7. The number of nitrogens with zero attached hydrogens (tertiary/aromatic N) is 2. The number of esters is 9. The number of amides is 2. The molecule has 0 atom stereocenters. The molecular weight excluding hydrogens is 1910 g/mol. The Morgan fingerprint density at radius 1 is 0.342 bits per heavy atom. The Morgan fingerprint density at radius 2 is 0.671 bits per heavy atom. The van der Waals surface area contributed by atoms with Gasteiger partial charge < -0.3 is 85.3 Å². The van der Waals surface area contributed by atoms with Crippen molar-refractivity contribution in [3.63, 3.8) is 0 Å². The van der Waals surface area contributed by atoms with E-state index < -0.39 is 59.7 Å². The van der Waals surface area contributed by atoms with Crippen LogP contribution in [-0.4, -0.2) is 215 Å². The summed E-state index contributed by atoms with van der Waals surface area (Å²) in [5.41, 5.74) is 0.636. The zero-order chi connectivity index (χ0) is 106. The van der Waals surface area contributed by atoms with Crippen LogP contribution in [0.1, 0.15) is 270 Å². The number of ether oxygens (including phenoxy) is 18. The van der Waals surface area contributed by atoms with E-state index in [0.717, 1.165) is 137 Å². The second-order valence-electron chi connectivity index (χ2n) is 35.8. The van der Waals surface area contributed by atoms with Crippen LogP contribution in [0.25, 0.3) is 10.2 Å². The van der Waals surface area contributed by atoms with Crippen molar-refractivity contribution < 1.29 is 152 Å². The highest BCUT2D eigenvalue weighted by molar-refractivity contribution is 7.22. The van der Waals surface area contributed by atoms with Crippen LogP contribution < -0.4 is 33.3 Å². The van der Waals surface area contributed by atoms with Crippen molar-refractivity contribution in [2.45, 2.75) is 263 Å². The minimum atomic E-state index is -0.775. The second kappa shape index (κ2) is 70.5. The van der Waals surface area contributed by atoms with Gasteiger partial charge >= 0.3 is 59.9 Å². The van der Waals surface area contributed by atoms with Gasteiger partial charge in [0.05, 0.1) is 143 Å². The maximum Gasteiger partial charge on any atom is 0.513 e. The van der Waals surface area contributed by atoms with Gasteiger partial charge in [0.25, 0.3) is 11.8 Å². The summed E-state index contributed by atoms with van der Waals surface area (Å²) in [4.78, 5) is 172. The standard InChI is InChI=1S/C34H34N2O9S.C16H28O4.C16H28O3.C15H18O6.C15H24O5.C15H18O5/c1-17(37)19-4-8-21(9-5-19)32(41)44-25-13-14-26(45-33(42)22-10-6-20(7-11-22)18(2)38)29-28(25)30(39)36(31(29)40)34-35-24-16-23(43-3)12-15-27(24)46-34;1-3-16(17)20-13-7-5-4-6-12-19-15-10-8-14(18-2)9-11-15;1-3-16(17)19-13-7-5-4-6-8-14-9-11-15(18-2)12-10-14;1-3-14(16)19-10-4-5-11-20-15(17)21-13-8-6-12(18-2)7-9-13;2*1-3-14(16)19-10-4-5-11-20-15(17)12-6-8-13(18-2)9-7-12/h12-16,19-22H,4-11H2,1-3H3;3,14-15H,1,4-13H2,2H3;3,14-15H,1,4-13H2,2H3;3,6-9H,1,4-5,10-11H2,2H3;3,12-13H,1,4-11H2,2H3;3,6-9H,1,4-5,10-11H2,2H3. The number of Topliss-reactive ketones (excluding diaryl/α,β-unsaturated/α-hetero) is 2. The summed E-state index contributed by atoms with van der Waals surface area (Å²) in [7, 11) is 9.96. The number of ketones is 2. The lowest BCUT2D eigenvalue weighted by molar-refractivity contribution is -0.151. The number of unbranched alkanes of at least 4 members (excludes halogenated alkanes) is 9. The maximum absolute atomic E-state index is 14.0. The number of fused-ring (bicyclic) bond motifs is 2. The average molecular weight is 2060 g/mol. The first-order chi connectivity index (χ1) is 70.6. The molecule has 5 saturated carbocycles. The molecule has 35 heteroatoms. The topological polar surface area (TPSA) is 421 Å². The largest absolute Gasteiger partial charge is 0.513 e. The van der Waals surface area contributed by atoms with Crippen LogP contribution in [0.3, 0.4) is 0 Å². The van der Waals surface area contributed by atoms with Crippen molar-refractivity contribution in [2.75, 3.05) is 107 Å². The Labute approximate surface area is 861 Å². The molecule has 5 aliphatic carbocycles. The molecule has 2 heterocycles. The SMILES string of the molecule is C=CC(=O)OCCCCCCC1CCC(OC)CC1.C=CC(=O)OCCCCCCOC1CCC(OC)CC1.C=CC(=O)OCCCCOC(=O)C1CCC(OC)CC1.C=CC(=O)OCCCCOC(=O)Oc1ccc(OC)cc1.C=CC(=O)OCCCCOC(=O)c1ccc(OC)cc1.COc1ccc2sc(N3C(=O)c4c(OC(=O)C5CCC(C(C)=O)CC5)ccc(OC(=O)C5CCC(C(C)=O)CC5)c4C3=O)nc2c1. The first kappa shape index (κ1) is 122. The lowest BCUT2D eigenvalue weighted by atomic mass is 9.80. The molecule has 2 amide bonds. The van der Waals surface area contributed by atoms with Crippen LogP contribution in [0, 0.1) is 35.5 Å². The molecule has 0 saturated heterocycles. The van der Waals surface area contributed by atoms with Crippen molar-refractivity contribution in [1.29, 1.82) is 0 Å². The fourth-order valence-electron chi connectivity index (χ4n) is 16.9. The summed E-state index contributed by atoms with van der Waals surface area (Å²) in [5.74, 6) is -2.98. The molecule has 802 valence electrons. The van der Waals surface area contributed by atoms with Crippen LogP contribution in [-0.2, 0) is 105 Å². The summed E-state index contributed by atoms with van der Waals surface area (Å²) in [6.07, 6.45) is 38.0. The lowest BCUT2D eigenvalue weighted by Gasteiger charge is -2.27. The van der Waals surface area contributed by atoms with Gasteiger partial charge in [-0.3, -0.25) is 33.6 Å². The van der Waals surface area contributed by atoms with Gasteiger partial charge in [-0.2, -0.15) is 0 Å². The number of carbonyl (C=O) groups excluding carboxylic acids is 14. The first-order valence-corrected chi connectivity index (χ1v) is 51.5. The average Bonchev–Trinajstić information content (AvgIpc) is 1.58. The fourth-order valence-corrected chi connectivity index (χ4v) is 17.8.